The molecule has 0 saturated heterocycles. The number of nitrogens with zero attached hydrogens (tertiary/aromatic N) is 4. The molecular weight excluding hydrogens is 491 g/mol. The topological polar surface area (TPSA) is 76.4 Å². The Morgan fingerprint density at radius 1 is 1.23 bits per heavy atom. The summed E-state index contributed by atoms with van der Waals surface area (Å²) < 4.78 is 8.12. The molecule has 1 aromatic heterocycles. The largest absolute Gasteiger partial charge is 0.493 e. The Hall–Kier alpha value is -1.84. The molecule has 2 aromatic rings. The maximum atomic E-state index is 6.05. The third-order valence-corrected chi connectivity index (χ3v) is 4.58. The van der Waals surface area contributed by atoms with Gasteiger partial charge in [-0.05, 0) is 37.8 Å². The highest BCUT2D eigenvalue weighted by atomic mass is 127. The van der Waals surface area contributed by atoms with Gasteiger partial charge in [0.15, 0.2) is 5.96 Å². The van der Waals surface area contributed by atoms with Gasteiger partial charge in [-0.25, -0.2) is 4.99 Å². The first-order chi connectivity index (χ1) is 14.0. The van der Waals surface area contributed by atoms with Crippen LogP contribution in [0.2, 0.25) is 0 Å². The van der Waals surface area contributed by atoms with Crippen LogP contribution < -0.4 is 15.4 Å². The van der Waals surface area contributed by atoms with Gasteiger partial charge >= 0.3 is 0 Å². The van der Waals surface area contributed by atoms with Crippen molar-refractivity contribution in [3.63, 3.8) is 0 Å². The van der Waals surface area contributed by atoms with Gasteiger partial charge < -0.3 is 19.9 Å². The van der Waals surface area contributed by atoms with Crippen LogP contribution >= 0.6 is 24.0 Å². The zero-order valence-corrected chi connectivity index (χ0v) is 21.3. The zero-order valence-electron chi connectivity index (χ0n) is 18.9. The summed E-state index contributed by atoms with van der Waals surface area (Å²) >= 11 is 0. The number of hydrogen-bond acceptors (Lipinski definition) is 4. The predicted octanol–water partition coefficient (Wildman–Crippen LogP) is 3.95. The number of hydrogen-bond donors (Lipinski definition) is 2. The lowest BCUT2D eigenvalue weighted by Crippen LogP contribution is -2.38. The van der Waals surface area contributed by atoms with Crippen molar-refractivity contribution < 1.29 is 4.74 Å². The number of aliphatic imine (C=N–C) groups is 1. The highest BCUT2D eigenvalue weighted by Gasteiger charge is 2.07. The number of aryl methyl sites for hydroxylation is 2. The minimum atomic E-state index is 0. The van der Waals surface area contributed by atoms with Gasteiger partial charge in [-0.2, -0.15) is 0 Å². The van der Waals surface area contributed by atoms with Crippen molar-refractivity contribution in [3.05, 3.63) is 41.5 Å². The summed E-state index contributed by atoms with van der Waals surface area (Å²) in [5.41, 5.74) is 2.30. The second-order valence-electron chi connectivity index (χ2n) is 7.56. The average molecular weight is 528 g/mol. The van der Waals surface area contributed by atoms with Gasteiger partial charge in [0.05, 0.1) is 13.2 Å². The molecular formula is C22H37IN6O. The summed E-state index contributed by atoms with van der Waals surface area (Å²) in [6.07, 6.45) is 3.70. The minimum Gasteiger partial charge on any atom is -0.493 e. The van der Waals surface area contributed by atoms with Crippen LogP contribution in [0.5, 0.6) is 5.75 Å². The van der Waals surface area contributed by atoms with E-state index in [-0.39, 0.29) is 24.0 Å². The van der Waals surface area contributed by atoms with E-state index in [4.69, 9.17) is 9.73 Å². The van der Waals surface area contributed by atoms with E-state index >= 15 is 0 Å². The maximum absolute atomic E-state index is 6.05. The van der Waals surface area contributed by atoms with Crippen molar-refractivity contribution in [1.29, 1.82) is 0 Å². The number of rotatable bonds is 11. The van der Waals surface area contributed by atoms with Crippen LogP contribution in [-0.4, -0.2) is 40.4 Å². The van der Waals surface area contributed by atoms with Crippen LogP contribution in [0, 0.1) is 12.8 Å². The van der Waals surface area contributed by atoms with Crippen LogP contribution in [0.1, 0.15) is 51.1 Å². The molecule has 8 heteroatoms. The molecule has 0 spiro atoms. The van der Waals surface area contributed by atoms with E-state index in [1.165, 1.54) is 5.56 Å². The summed E-state index contributed by atoms with van der Waals surface area (Å²) in [5.74, 6) is 3.36. The fraction of sp³-hybridized carbons (Fsp3) is 0.591. The standard InChI is InChI=1S/C22H36N6O.HI/c1-6-21-27-26-16-28(21)12-11-24-22(23-7-2)25-15-19-9-8-18(5)14-20(19)29-13-10-17(3)4;/h8-9,14,16-17H,6-7,10-13,15H2,1-5H3,(H2,23,24,25);1H. The van der Waals surface area contributed by atoms with Gasteiger partial charge in [-0.15, -0.1) is 34.2 Å². The van der Waals surface area contributed by atoms with Crippen LogP contribution in [-0.2, 0) is 19.5 Å². The molecule has 0 saturated carbocycles. The highest BCUT2D eigenvalue weighted by molar-refractivity contribution is 14.0. The molecule has 0 radical (unpaired) electrons. The molecule has 168 valence electrons. The lowest BCUT2D eigenvalue weighted by atomic mass is 10.1. The summed E-state index contributed by atoms with van der Waals surface area (Å²) in [6.45, 7) is 14.3. The molecule has 2 N–H and O–H groups in total. The SMILES string of the molecule is CCNC(=NCc1ccc(C)cc1OCCC(C)C)NCCn1cnnc1CC.I. The second kappa shape index (κ2) is 14.2. The molecule has 7 nitrogen and oxygen atoms in total. The van der Waals surface area contributed by atoms with E-state index in [0.717, 1.165) is 62.2 Å². The summed E-state index contributed by atoms with van der Waals surface area (Å²) in [6, 6.07) is 6.32. The van der Waals surface area contributed by atoms with E-state index in [2.05, 4.69) is 78.2 Å². The third kappa shape index (κ3) is 8.89. The Balaban J connectivity index is 0.00000450. The fourth-order valence-electron chi connectivity index (χ4n) is 2.87. The van der Waals surface area contributed by atoms with E-state index in [9.17, 15) is 0 Å². The Morgan fingerprint density at radius 3 is 2.73 bits per heavy atom. The van der Waals surface area contributed by atoms with Crippen molar-refractivity contribution in [2.45, 2.75) is 60.5 Å². The predicted molar refractivity (Wildman–Crippen MR) is 134 cm³/mol. The highest BCUT2D eigenvalue weighted by Crippen LogP contribution is 2.22. The molecule has 0 amide bonds. The van der Waals surface area contributed by atoms with Crippen LogP contribution in [0.4, 0.5) is 0 Å². The van der Waals surface area contributed by atoms with Gasteiger partial charge in [0.2, 0.25) is 0 Å². The van der Waals surface area contributed by atoms with Gasteiger partial charge in [0.1, 0.15) is 17.9 Å². The molecule has 0 aliphatic heterocycles. The number of halogens is 1. The van der Waals surface area contributed by atoms with E-state index in [1.54, 1.807) is 6.33 Å². The molecule has 0 aliphatic rings. The first-order valence-electron chi connectivity index (χ1n) is 10.6. The number of benzene rings is 1. The Morgan fingerprint density at radius 2 is 2.03 bits per heavy atom. The summed E-state index contributed by atoms with van der Waals surface area (Å²) in [5, 5.41) is 14.8. The lowest BCUT2D eigenvalue weighted by molar-refractivity contribution is 0.287. The minimum absolute atomic E-state index is 0. The number of guanidine groups is 1. The summed E-state index contributed by atoms with van der Waals surface area (Å²) in [7, 11) is 0. The summed E-state index contributed by atoms with van der Waals surface area (Å²) in [4.78, 5) is 4.75. The van der Waals surface area contributed by atoms with Gasteiger partial charge in [0.25, 0.3) is 0 Å². The van der Waals surface area contributed by atoms with Gasteiger partial charge in [0, 0.05) is 31.6 Å². The van der Waals surface area contributed by atoms with E-state index < -0.39 is 0 Å². The Labute approximate surface area is 198 Å². The average Bonchev–Trinajstić information content (AvgIpc) is 3.14. The van der Waals surface area contributed by atoms with Gasteiger partial charge in [-0.1, -0.05) is 32.9 Å². The van der Waals surface area contributed by atoms with Crippen LogP contribution in [0.25, 0.3) is 0 Å². The molecule has 1 aromatic carbocycles. The van der Waals surface area contributed by atoms with Crippen molar-refractivity contribution in [3.8, 4) is 5.75 Å². The quantitative estimate of drug-likeness (QED) is 0.263. The molecule has 2 rings (SSSR count). The number of nitrogens with one attached hydrogen (secondary N) is 2. The smallest absolute Gasteiger partial charge is 0.191 e. The fourth-order valence-corrected chi connectivity index (χ4v) is 2.87. The van der Waals surface area contributed by atoms with Crippen LogP contribution in [0.15, 0.2) is 29.5 Å². The zero-order chi connectivity index (χ0) is 21.1. The molecule has 0 aliphatic carbocycles. The van der Waals surface area contributed by atoms with E-state index in [1.807, 2.05) is 0 Å². The molecule has 30 heavy (non-hydrogen) atoms. The normalized spacial score (nSPS) is 11.3. The lowest BCUT2D eigenvalue weighted by Gasteiger charge is -2.14. The maximum Gasteiger partial charge on any atom is 0.191 e. The Kier molecular flexibility index (Phi) is 12.4. The van der Waals surface area contributed by atoms with Crippen molar-refractivity contribution in [2.75, 3.05) is 19.7 Å². The van der Waals surface area contributed by atoms with E-state index in [0.29, 0.717) is 12.5 Å². The molecule has 0 atom stereocenters. The number of aromatic nitrogens is 3. The first kappa shape index (κ1) is 26.2. The van der Waals surface area contributed by atoms with Crippen LogP contribution in [0.3, 0.4) is 0 Å². The molecule has 0 bridgehead atoms. The van der Waals surface area contributed by atoms with Crippen molar-refractivity contribution >= 4 is 29.9 Å². The van der Waals surface area contributed by atoms with Crippen molar-refractivity contribution in [2.24, 2.45) is 10.9 Å². The molecule has 0 unspecified atom stereocenters. The monoisotopic (exact) mass is 528 g/mol. The first-order valence-corrected chi connectivity index (χ1v) is 10.6. The molecule has 1 heterocycles. The molecule has 0 fully saturated rings. The number of ether oxygens (including phenoxy) is 1. The Bertz CT molecular complexity index is 775. The second-order valence-corrected chi connectivity index (χ2v) is 7.56. The van der Waals surface area contributed by atoms with Crippen molar-refractivity contribution in [1.82, 2.24) is 25.4 Å². The van der Waals surface area contributed by atoms with Gasteiger partial charge in [-0.3, -0.25) is 0 Å². The third-order valence-electron chi connectivity index (χ3n) is 4.58.